The number of rotatable bonds is 2. The normalized spacial score (nSPS) is 9.44. The van der Waals surface area contributed by atoms with E-state index in [9.17, 15) is 0 Å². The van der Waals surface area contributed by atoms with Crippen LogP contribution in [0, 0.1) is 5.94 Å². The summed E-state index contributed by atoms with van der Waals surface area (Å²) in [5.74, 6) is 1.08. The minimum Gasteiger partial charge on any atom is -0.378 e. The smallest absolute Gasteiger partial charge is 0.139 e. The second-order valence-corrected chi connectivity index (χ2v) is 2.45. The minimum atomic E-state index is 1.06. The molecule has 1 aromatic carbocycles. The lowest BCUT2D eigenvalue weighted by Gasteiger charge is -1.92. The first-order chi connectivity index (χ1) is 4.43. The first-order valence-electron chi connectivity index (χ1n) is 2.61. The summed E-state index contributed by atoms with van der Waals surface area (Å²) in [5, 5.41) is 8.36. The zero-order valence-corrected chi connectivity index (χ0v) is 5.64. The van der Waals surface area contributed by atoms with E-state index in [0.717, 1.165) is 10.8 Å². The highest BCUT2D eigenvalue weighted by Crippen LogP contribution is 2.17. The first-order valence-corrected chi connectivity index (χ1v) is 3.49. The van der Waals surface area contributed by atoms with Gasteiger partial charge in [-0.2, -0.15) is 0 Å². The number of aliphatic hydroxyl groups is 1. The number of aliphatic hydroxyl groups excluding tert-OH is 1. The second-order valence-electron chi connectivity index (χ2n) is 1.54. The molecule has 1 nitrogen and oxygen atoms in total. The highest BCUT2D eigenvalue weighted by Gasteiger charge is 1.86. The summed E-state index contributed by atoms with van der Waals surface area (Å²) in [5.41, 5.74) is 0. The molecule has 0 aliphatic heterocycles. The van der Waals surface area contributed by atoms with Crippen LogP contribution in [-0.2, 0) is 0 Å². The summed E-state index contributed by atoms with van der Waals surface area (Å²) < 4.78 is 0. The van der Waals surface area contributed by atoms with E-state index >= 15 is 0 Å². The molecule has 1 rings (SSSR count). The van der Waals surface area contributed by atoms with Crippen LogP contribution in [0.2, 0.25) is 0 Å². The third-order valence-electron chi connectivity index (χ3n) is 0.932. The van der Waals surface area contributed by atoms with Gasteiger partial charge in [0.25, 0.3) is 0 Å². The molecule has 1 aromatic rings. The monoisotopic (exact) mass is 139 g/mol. The fraction of sp³-hybridized carbons (Fsp3) is 0. The number of hydrogen-bond donors (Lipinski definition) is 1. The first kappa shape index (κ1) is 6.65. The number of thioether (sulfide) groups is 1. The highest BCUT2D eigenvalue weighted by molar-refractivity contribution is 8.01. The van der Waals surface area contributed by atoms with E-state index in [0.29, 0.717) is 0 Å². The van der Waals surface area contributed by atoms with Crippen molar-refractivity contribution in [1.29, 1.82) is 0 Å². The average Bonchev–Trinajstić information content (AvgIpc) is 1.91. The molecule has 0 saturated heterocycles. The molecular formula is C7H7OS. The second kappa shape index (κ2) is 3.54. The third kappa shape index (κ3) is 2.08. The molecule has 0 amide bonds. The molecule has 1 radical (unpaired) electrons. The lowest BCUT2D eigenvalue weighted by molar-refractivity contribution is 0.446. The maximum atomic E-state index is 8.36. The van der Waals surface area contributed by atoms with Gasteiger partial charge in [-0.05, 0) is 12.1 Å². The zero-order valence-electron chi connectivity index (χ0n) is 4.82. The van der Waals surface area contributed by atoms with E-state index in [2.05, 4.69) is 0 Å². The Labute approximate surface area is 58.7 Å². The van der Waals surface area contributed by atoms with E-state index in [1.165, 1.54) is 11.8 Å². The molecule has 0 atom stereocenters. The molecule has 1 N–H and O–H groups in total. The van der Waals surface area contributed by atoms with Crippen LogP contribution in [-0.4, -0.2) is 5.11 Å². The number of hydrogen-bond acceptors (Lipinski definition) is 2. The molecule has 0 heterocycles. The van der Waals surface area contributed by atoms with E-state index in [1.54, 1.807) is 0 Å². The standard InChI is InChI=1S/C7H7OS/c8-6-9-7-4-2-1-3-5-7/h1-6,8H. The van der Waals surface area contributed by atoms with E-state index in [4.69, 9.17) is 5.11 Å². The molecule has 0 aromatic heterocycles. The van der Waals surface area contributed by atoms with Crippen LogP contribution in [0.1, 0.15) is 0 Å². The maximum absolute atomic E-state index is 8.36. The van der Waals surface area contributed by atoms with Gasteiger partial charge in [0.2, 0.25) is 0 Å². The van der Waals surface area contributed by atoms with Crippen LogP contribution in [0.5, 0.6) is 0 Å². The van der Waals surface area contributed by atoms with Gasteiger partial charge < -0.3 is 5.11 Å². The molecule has 0 bridgehead atoms. The highest BCUT2D eigenvalue weighted by atomic mass is 32.2. The van der Waals surface area contributed by atoms with Gasteiger partial charge in [0, 0.05) is 4.90 Å². The Kier molecular flexibility index (Phi) is 2.61. The van der Waals surface area contributed by atoms with Crippen LogP contribution in [0.15, 0.2) is 35.2 Å². The Morgan fingerprint density at radius 1 is 1.22 bits per heavy atom. The van der Waals surface area contributed by atoms with E-state index in [-0.39, 0.29) is 0 Å². The zero-order chi connectivity index (χ0) is 6.53. The van der Waals surface area contributed by atoms with Gasteiger partial charge in [-0.1, -0.05) is 30.0 Å². The van der Waals surface area contributed by atoms with Gasteiger partial charge in [-0.25, -0.2) is 0 Å². The summed E-state index contributed by atoms with van der Waals surface area (Å²) in [6.07, 6.45) is 0. The molecule has 0 unspecified atom stereocenters. The van der Waals surface area contributed by atoms with Gasteiger partial charge in [0.15, 0.2) is 0 Å². The summed E-state index contributed by atoms with van der Waals surface area (Å²) in [6, 6.07) is 9.70. The molecule has 0 aliphatic rings. The molecule has 0 fully saturated rings. The van der Waals surface area contributed by atoms with E-state index in [1.807, 2.05) is 30.3 Å². The topological polar surface area (TPSA) is 20.2 Å². The Hall–Kier alpha value is -0.470. The lowest BCUT2D eigenvalue weighted by atomic mass is 10.4. The molecule has 47 valence electrons. The Morgan fingerprint density at radius 2 is 1.89 bits per heavy atom. The summed E-state index contributed by atoms with van der Waals surface area (Å²) in [4.78, 5) is 1.06. The largest absolute Gasteiger partial charge is 0.378 e. The van der Waals surface area contributed by atoms with Crippen LogP contribution in [0.4, 0.5) is 0 Å². The van der Waals surface area contributed by atoms with E-state index < -0.39 is 0 Å². The van der Waals surface area contributed by atoms with Crippen LogP contribution in [0.3, 0.4) is 0 Å². The average molecular weight is 139 g/mol. The van der Waals surface area contributed by atoms with Crippen LogP contribution < -0.4 is 0 Å². The van der Waals surface area contributed by atoms with Crippen molar-refractivity contribution in [2.45, 2.75) is 4.90 Å². The summed E-state index contributed by atoms with van der Waals surface area (Å²) >= 11 is 1.31. The van der Waals surface area contributed by atoms with Crippen molar-refractivity contribution in [3.8, 4) is 0 Å². The van der Waals surface area contributed by atoms with Gasteiger partial charge in [-0.3, -0.25) is 0 Å². The molecule has 0 spiro atoms. The number of benzene rings is 1. The van der Waals surface area contributed by atoms with Crippen molar-refractivity contribution in [3.05, 3.63) is 36.3 Å². The van der Waals surface area contributed by atoms with Crippen molar-refractivity contribution in [3.63, 3.8) is 0 Å². The molecule has 0 aliphatic carbocycles. The Bertz CT molecular complexity index is 162. The van der Waals surface area contributed by atoms with Gasteiger partial charge in [0.05, 0.1) is 0 Å². The fourth-order valence-corrected chi connectivity index (χ4v) is 0.996. The van der Waals surface area contributed by atoms with Crippen LogP contribution >= 0.6 is 11.8 Å². The predicted octanol–water partition coefficient (Wildman–Crippen LogP) is 2.27. The van der Waals surface area contributed by atoms with Crippen molar-refractivity contribution < 1.29 is 5.11 Å². The van der Waals surface area contributed by atoms with Crippen LogP contribution in [0.25, 0.3) is 0 Å². The lowest BCUT2D eigenvalue weighted by Crippen LogP contribution is -1.66. The summed E-state index contributed by atoms with van der Waals surface area (Å²) in [6.45, 7) is 0. The molecular weight excluding hydrogens is 132 g/mol. The van der Waals surface area contributed by atoms with Crippen molar-refractivity contribution in [2.75, 3.05) is 0 Å². The fourth-order valence-electron chi connectivity index (χ4n) is 0.560. The maximum Gasteiger partial charge on any atom is 0.139 e. The quantitative estimate of drug-likeness (QED) is 0.634. The Morgan fingerprint density at radius 3 is 2.44 bits per heavy atom. The molecule has 9 heavy (non-hydrogen) atoms. The predicted molar refractivity (Wildman–Crippen MR) is 38.5 cm³/mol. The summed E-state index contributed by atoms with van der Waals surface area (Å²) in [7, 11) is 0. The Balaban J connectivity index is 2.61. The molecule has 0 saturated carbocycles. The van der Waals surface area contributed by atoms with Crippen molar-refractivity contribution in [1.82, 2.24) is 0 Å². The van der Waals surface area contributed by atoms with Crippen molar-refractivity contribution >= 4 is 11.8 Å². The third-order valence-corrected chi connectivity index (χ3v) is 1.58. The van der Waals surface area contributed by atoms with Gasteiger partial charge >= 0.3 is 0 Å². The van der Waals surface area contributed by atoms with Gasteiger partial charge in [0.1, 0.15) is 5.94 Å². The van der Waals surface area contributed by atoms with Gasteiger partial charge in [-0.15, -0.1) is 0 Å². The SMILES string of the molecule is O[CH]Sc1ccccc1. The molecule has 2 heteroatoms. The minimum absolute atomic E-state index is 1.06. The van der Waals surface area contributed by atoms with Crippen molar-refractivity contribution in [2.24, 2.45) is 0 Å².